The van der Waals surface area contributed by atoms with E-state index in [2.05, 4.69) is 10.3 Å². The van der Waals surface area contributed by atoms with E-state index in [4.69, 9.17) is 4.74 Å². The zero-order valence-electron chi connectivity index (χ0n) is 11.7. The summed E-state index contributed by atoms with van der Waals surface area (Å²) in [7, 11) is 0. The first-order valence-corrected chi connectivity index (χ1v) is 6.48. The fraction of sp³-hybridized carbons (Fsp3) is 0.462. The van der Waals surface area contributed by atoms with Crippen LogP contribution in [0, 0.1) is 0 Å². The Morgan fingerprint density at radius 3 is 2.73 bits per heavy atom. The quantitative estimate of drug-likeness (QED) is 0.893. The van der Waals surface area contributed by atoms with Gasteiger partial charge in [-0.25, -0.2) is 4.98 Å². The number of likely N-dealkylation sites (tertiary alicyclic amines) is 1. The monoisotopic (exact) mass is 317 g/mol. The predicted octanol–water partition coefficient (Wildman–Crippen LogP) is 0.826. The summed E-state index contributed by atoms with van der Waals surface area (Å²) in [5.74, 6) is -0.712. The first-order chi connectivity index (χ1) is 10.3. The van der Waals surface area contributed by atoms with Crippen LogP contribution in [0.5, 0.6) is 5.88 Å². The average Bonchev–Trinajstić information content (AvgIpc) is 2.39. The fourth-order valence-corrected chi connectivity index (χ4v) is 1.85. The molecule has 0 radical (unpaired) electrons. The van der Waals surface area contributed by atoms with Crippen molar-refractivity contribution in [3.63, 3.8) is 0 Å². The molecular weight excluding hydrogens is 303 g/mol. The third-order valence-electron chi connectivity index (χ3n) is 3.04. The Kier molecular flexibility index (Phi) is 4.53. The summed E-state index contributed by atoms with van der Waals surface area (Å²) in [5.41, 5.74) is -0.838. The maximum absolute atomic E-state index is 12.5. The van der Waals surface area contributed by atoms with Gasteiger partial charge in [0.1, 0.15) is 6.10 Å². The molecule has 0 atom stereocenters. The minimum absolute atomic E-state index is 0.107. The SMILES string of the molecule is CC(=O)NCC(=O)N1CC(Oc2cc(C(F)(F)F)ccn2)C1. The number of hydrogen-bond donors (Lipinski definition) is 1. The minimum atomic E-state index is -4.46. The fourth-order valence-electron chi connectivity index (χ4n) is 1.85. The number of carbonyl (C=O) groups is 2. The number of pyridine rings is 1. The molecule has 0 spiro atoms. The van der Waals surface area contributed by atoms with Gasteiger partial charge in [0.25, 0.3) is 0 Å². The van der Waals surface area contributed by atoms with Crippen LogP contribution in [0.15, 0.2) is 18.3 Å². The average molecular weight is 317 g/mol. The molecule has 2 heterocycles. The van der Waals surface area contributed by atoms with Gasteiger partial charge in [-0.05, 0) is 6.07 Å². The van der Waals surface area contributed by atoms with Crippen molar-refractivity contribution in [3.8, 4) is 5.88 Å². The van der Waals surface area contributed by atoms with Crippen LogP contribution in [0.1, 0.15) is 12.5 Å². The summed E-state index contributed by atoms with van der Waals surface area (Å²) < 4.78 is 42.9. The third kappa shape index (κ3) is 4.09. The molecule has 120 valence electrons. The molecule has 1 aliphatic rings. The van der Waals surface area contributed by atoms with Gasteiger partial charge in [0.05, 0.1) is 25.2 Å². The molecule has 0 bridgehead atoms. The van der Waals surface area contributed by atoms with E-state index in [0.29, 0.717) is 0 Å². The molecule has 0 unspecified atom stereocenters. The molecule has 1 aromatic rings. The molecule has 6 nitrogen and oxygen atoms in total. The summed E-state index contributed by atoms with van der Waals surface area (Å²) in [5, 5.41) is 2.37. The van der Waals surface area contributed by atoms with Crippen LogP contribution < -0.4 is 10.1 Å². The van der Waals surface area contributed by atoms with Gasteiger partial charge >= 0.3 is 6.18 Å². The number of alkyl halides is 3. The highest BCUT2D eigenvalue weighted by Gasteiger charge is 2.34. The second kappa shape index (κ2) is 6.20. The Bertz CT molecular complexity index is 571. The van der Waals surface area contributed by atoms with E-state index in [1.54, 1.807) is 0 Å². The van der Waals surface area contributed by atoms with Crippen LogP contribution in [-0.2, 0) is 15.8 Å². The lowest BCUT2D eigenvalue weighted by molar-refractivity contribution is -0.140. The molecular formula is C13H14F3N3O3. The molecule has 1 aromatic heterocycles. The number of ether oxygens (including phenoxy) is 1. The lowest BCUT2D eigenvalue weighted by Crippen LogP contribution is -2.58. The van der Waals surface area contributed by atoms with E-state index >= 15 is 0 Å². The zero-order chi connectivity index (χ0) is 16.3. The highest BCUT2D eigenvalue weighted by atomic mass is 19.4. The standard InChI is InChI=1S/C13H14F3N3O3/c1-8(20)18-5-12(21)19-6-10(7-19)22-11-4-9(2-3-17-11)13(14,15)16/h2-4,10H,5-7H2,1H3,(H,18,20). The third-order valence-corrected chi connectivity index (χ3v) is 3.04. The molecule has 1 N–H and O–H groups in total. The van der Waals surface area contributed by atoms with E-state index in [-0.39, 0.29) is 37.3 Å². The second-order valence-electron chi connectivity index (χ2n) is 4.83. The highest BCUT2D eigenvalue weighted by molar-refractivity contribution is 5.84. The van der Waals surface area contributed by atoms with Gasteiger partial charge in [-0.3, -0.25) is 9.59 Å². The van der Waals surface area contributed by atoms with Crippen LogP contribution in [0.4, 0.5) is 13.2 Å². The van der Waals surface area contributed by atoms with Crippen molar-refractivity contribution in [1.82, 2.24) is 15.2 Å². The zero-order valence-corrected chi connectivity index (χ0v) is 11.7. The molecule has 0 aromatic carbocycles. The van der Waals surface area contributed by atoms with Crippen LogP contribution >= 0.6 is 0 Å². The van der Waals surface area contributed by atoms with Crippen LogP contribution in [0.3, 0.4) is 0 Å². The van der Waals surface area contributed by atoms with Crippen molar-refractivity contribution < 1.29 is 27.5 Å². The molecule has 2 amide bonds. The second-order valence-corrected chi connectivity index (χ2v) is 4.83. The van der Waals surface area contributed by atoms with E-state index in [1.165, 1.54) is 11.8 Å². The van der Waals surface area contributed by atoms with Gasteiger partial charge in [-0.1, -0.05) is 0 Å². The first kappa shape index (κ1) is 16.1. The summed E-state index contributed by atoms with van der Waals surface area (Å²) in [6.07, 6.45) is -3.84. The van der Waals surface area contributed by atoms with Crippen molar-refractivity contribution >= 4 is 11.8 Å². The van der Waals surface area contributed by atoms with E-state index < -0.39 is 17.8 Å². The smallest absolute Gasteiger partial charge is 0.416 e. The largest absolute Gasteiger partial charge is 0.471 e. The van der Waals surface area contributed by atoms with Gasteiger partial charge in [-0.15, -0.1) is 0 Å². The number of aromatic nitrogens is 1. The molecule has 22 heavy (non-hydrogen) atoms. The summed E-state index contributed by atoms with van der Waals surface area (Å²) in [6.45, 7) is 1.69. The molecule has 1 aliphatic heterocycles. The summed E-state index contributed by atoms with van der Waals surface area (Å²) >= 11 is 0. The Balaban J connectivity index is 1.83. The Labute approximate surface area is 124 Å². The van der Waals surface area contributed by atoms with E-state index in [1.807, 2.05) is 0 Å². The van der Waals surface area contributed by atoms with Gasteiger partial charge in [-0.2, -0.15) is 13.2 Å². The van der Waals surface area contributed by atoms with Crippen molar-refractivity contribution in [1.29, 1.82) is 0 Å². The van der Waals surface area contributed by atoms with Crippen molar-refractivity contribution in [2.75, 3.05) is 19.6 Å². The maximum Gasteiger partial charge on any atom is 0.416 e. The van der Waals surface area contributed by atoms with Crippen LogP contribution in [0.25, 0.3) is 0 Å². The molecule has 2 rings (SSSR count). The summed E-state index contributed by atoms with van der Waals surface area (Å²) in [4.78, 5) is 27.5. The molecule has 0 saturated carbocycles. The Morgan fingerprint density at radius 1 is 1.45 bits per heavy atom. The van der Waals surface area contributed by atoms with Gasteiger partial charge in [0.2, 0.25) is 17.7 Å². The van der Waals surface area contributed by atoms with Crippen molar-refractivity contribution in [2.24, 2.45) is 0 Å². The predicted molar refractivity (Wildman–Crippen MR) is 68.9 cm³/mol. The van der Waals surface area contributed by atoms with Gasteiger partial charge in [0, 0.05) is 19.2 Å². The number of rotatable bonds is 4. The normalized spacial score (nSPS) is 15.2. The van der Waals surface area contributed by atoms with Crippen LogP contribution in [0.2, 0.25) is 0 Å². The Morgan fingerprint density at radius 2 is 2.14 bits per heavy atom. The maximum atomic E-state index is 12.5. The molecule has 0 aliphatic carbocycles. The molecule has 1 saturated heterocycles. The summed E-state index contributed by atoms with van der Waals surface area (Å²) in [6, 6.07) is 1.68. The van der Waals surface area contributed by atoms with Gasteiger partial charge in [0.15, 0.2) is 0 Å². The molecule has 9 heteroatoms. The number of carbonyl (C=O) groups excluding carboxylic acids is 2. The lowest BCUT2D eigenvalue weighted by Gasteiger charge is -2.38. The number of nitrogens with one attached hydrogen (secondary N) is 1. The number of amides is 2. The number of hydrogen-bond acceptors (Lipinski definition) is 4. The van der Waals surface area contributed by atoms with Crippen molar-refractivity contribution in [3.05, 3.63) is 23.9 Å². The van der Waals surface area contributed by atoms with Gasteiger partial charge < -0.3 is 15.0 Å². The van der Waals surface area contributed by atoms with E-state index in [9.17, 15) is 22.8 Å². The number of nitrogens with zero attached hydrogens (tertiary/aromatic N) is 2. The van der Waals surface area contributed by atoms with E-state index in [0.717, 1.165) is 18.3 Å². The topological polar surface area (TPSA) is 71.5 Å². The van der Waals surface area contributed by atoms with Crippen molar-refractivity contribution in [2.45, 2.75) is 19.2 Å². The lowest BCUT2D eigenvalue weighted by atomic mass is 10.1. The van der Waals surface area contributed by atoms with Crippen LogP contribution in [-0.4, -0.2) is 47.4 Å². The number of halogens is 3. The Hall–Kier alpha value is -2.32. The first-order valence-electron chi connectivity index (χ1n) is 6.48. The molecule has 1 fully saturated rings. The highest BCUT2D eigenvalue weighted by Crippen LogP contribution is 2.30. The minimum Gasteiger partial charge on any atom is -0.471 e.